The standard InChI is InChI=1S/C16H19N3O2/c1-12(13-5-3-2-4-6-13)7-8-18-15-9-14(17)10-16(11-15)19(20)21/h2-6,9-12,18H,7-8,17H2,1H3. The SMILES string of the molecule is CC(CCNc1cc(N)cc([N+](=O)[O-])c1)c1ccccc1. The second-order valence-electron chi connectivity index (χ2n) is 5.10. The fraction of sp³-hybridized carbons (Fsp3) is 0.250. The van der Waals surface area contributed by atoms with Crippen molar-refractivity contribution in [2.24, 2.45) is 0 Å². The Labute approximate surface area is 123 Å². The highest BCUT2D eigenvalue weighted by molar-refractivity contribution is 5.61. The molecule has 3 N–H and O–H groups in total. The number of anilines is 2. The number of benzene rings is 2. The molecule has 0 saturated heterocycles. The molecule has 0 bridgehead atoms. The molecule has 0 saturated carbocycles. The van der Waals surface area contributed by atoms with Gasteiger partial charge in [0.1, 0.15) is 0 Å². The minimum absolute atomic E-state index is 0.00797. The van der Waals surface area contributed by atoms with E-state index in [1.807, 2.05) is 18.2 Å². The molecule has 0 radical (unpaired) electrons. The molecular formula is C16H19N3O2. The molecule has 21 heavy (non-hydrogen) atoms. The number of hydrogen-bond acceptors (Lipinski definition) is 4. The summed E-state index contributed by atoms with van der Waals surface area (Å²) in [5, 5.41) is 14.0. The van der Waals surface area contributed by atoms with Crippen LogP contribution in [0.1, 0.15) is 24.8 Å². The molecule has 2 aromatic rings. The molecule has 0 fully saturated rings. The van der Waals surface area contributed by atoms with Crippen LogP contribution in [-0.2, 0) is 0 Å². The van der Waals surface area contributed by atoms with Crippen LogP contribution < -0.4 is 11.1 Å². The van der Waals surface area contributed by atoms with Crippen LogP contribution in [0.25, 0.3) is 0 Å². The van der Waals surface area contributed by atoms with Gasteiger partial charge in [0.2, 0.25) is 0 Å². The third kappa shape index (κ3) is 4.21. The maximum Gasteiger partial charge on any atom is 0.273 e. The van der Waals surface area contributed by atoms with Gasteiger partial charge >= 0.3 is 0 Å². The maximum atomic E-state index is 10.8. The van der Waals surface area contributed by atoms with Crippen molar-refractivity contribution < 1.29 is 4.92 Å². The van der Waals surface area contributed by atoms with Crippen molar-refractivity contribution in [1.29, 1.82) is 0 Å². The highest BCUT2D eigenvalue weighted by atomic mass is 16.6. The van der Waals surface area contributed by atoms with E-state index >= 15 is 0 Å². The minimum Gasteiger partial charge on any atom is -0.398 e. The zero-order chi connectivity index (χ0) is 15.2. The van der Waals surface area contributed by atoms with Crippen LogP contribution in [-0.4, -0.2) is 11.5 Å². The second kappa shape index (κ2) is 6.74. The molecule has 2 aromatic carbocycles. The van der Waals surface area contributed by atoms with E-state index in [0.29, 0.717) is 17.3 Å². The molecule has 0 aliphatic heterocycles. The smallest absolute Gasteiger partial charge is 0.273 e. The number of nitro groups is 1. The summed E-state index contributed by atoms with van der Waals surface area (Å²) in [4.78, 5) is 10.4. The number of nitro benzene ring substituents is 1. The number of rotatable bonds is 6. The van der Waals surface area contributed by atoms with Gasteiger partial charge < -0.3 is 11.1 Å². The third-order valence-electron chi connectivity index (χ3n) is 3.43. The van der Waals surface area contributed by atoms with E-state index in [1.165, 1.54) is 17.7 Å². The maximum absolute atomic E-state index is 10.8. The van der Waals surface area contributed by atoms with Gasteiger partial charge in [-0.1, -0.05) is 37.3 Å². The molecule has 0 aliphatic carbocycles. The van der Waals surface area contributed by atoms with E-state index in [-0.39, 0.29) is 5.69 Å². The summed E-state index contributed by atoms with van der Waals surface area (Å²) in [7, 11) is 0. The van der Waals surface area contributed by atoms with Gasteiger partial charge in [0.05, 0.1) is 4.92 Å². The van der Waals surface area contributed by atoms with Crippen molar-refractivity contribution in [3.05, 3.63) is 64.2 Å². The summed E-state index contributed by atoms with van der Waals surface area (Å²) in [6.45, 7) is 2.90. The molecule has 1 unspecified atom stereocenters. The highest BCUT2D eigenvalue weighted by Crippen LogP contribution is 2.23. The lowest BCUT2D eigenvalue weighted by Gasteiger charge is -2.13. The summed E-state index contributed by atoms with van der Waals surface area (Å²) in [5.74, 6) is 0.426. The van der Waals surface area contributed by atoms with Gasteiger partial charge in [0.15, 0.2) is 0 Å². The van der Waals surface area contributed by atoms with Crippen LogP contribution in [0.15, 0.2) is 48.5 Å². The van der Waals surface area contributed by atoms with Crippen LogP contribution >= 0.6 is 0 Å². The van der Waals surface area contributed by atoms with Gasteiger partial charge in [-0.2, -0.15) is 0 Å². The first-order valence-corrected chi connectivity index (χ1v) is 6.90. The lowest BCUT2D eigenvalue weighted by Crippen LogP contribution is -2.06. The first kappa shape index (κ1) is 14.8. The first-order chi connectivity index (χ1) is 10.1. The normalized spacial score (nSPS) is 11.9. The lowest BCUT2D eigenvalue weighted by molar-refractivity contribution is -0.384. The first-order valence-electron chi connectivity index (χ1n) is 6.90. The number of hydrogen-bond donors (Lipinski definition) is 2. The Morgan fingerprint density at radius 3 is 2.62 bits per heavy atom. The number of nitrogen functional groups attached to an aromatic ring is 1. The summed E-state index contributed by atoms with van der Waals surface area (Å²) in [5.41, 5.74) is 8.05. The zero-order valence-electron chi connectivity index (χ0n) is 12.0. The lowest BCUT2D eigenvalue weighted by atomic mass is 9.98. The van der Waals surface area contributed by atoms with Gasteiger partial charge in [-0.05, 0) is 24.0 Å². The fourth-order valence-electron chi connectivity index (χ4n) is 2.22. The number of nitrogens with two attached hydrogens (primary N) is 1. The Kier molecular flexibility index (Phi) is 4.77. The summed E-state index contributed by atoms with van der Waals surface area (Å²) in [6.07, 6.45) is 0.937. The molecule has 0 aliphatic rings. The third-order valence-corrected chi connectivity index (χ3v) is 3.43. The fourth-order valence-corrected chi connectivity index (χ4v) is 2.22. The molecule has 1 atom stereocenters. The average molecular weight is 285 g/mol. The highest BCUT2D eigenvalue weighted by Gasteiger charge is 2.09. The van der Waals surface area contributed by atoms with Gasteiger partial charge in [-0.15, -0.1) is 0 Å². The van der Waals surface area contributed by atoms with E-state index in [9.17, 15) is 10.1 Å². The van der Waals surface area contributed by atoms with Crippen molar-refractivity contribution >= 4 is 17.1 Å². The average Bonchev–Trinajstić information content (AvgIpc) is 2.47. The molecule has 5 nitrogen and oxygen atoms in total. The van der Waals surface area contributed by atoms with E-state index in [1.54, 1.807) is 6.07 Å². The van der Waals surface area contributed by atoms with Crippen molar-refractivity contribution in [1.82, 2.24) is 0 Å². The van der Waals surface area contributed by atoms with Crippen molar-refractivity contribution in [3.8, 4) is 0 Å². The molecule has 0 heterocycles. The van der Waals surface area contributed by atoms with Crippen molar-refractivity contribution in [3.63, 3.8) is 0 Å². The van der Waals surface area contributed by atoms with Crippen LogP contribution in [0, 0.1) is 10.1 Å². The van der Waals surface area contributed by atoms with E-state index < -0.39 is 4.92 Å². The molecule has 0 amide bonds. The van der Waals surface area contributed by atoms with Gasteiger partial charge in [0, 0.05) is 30.1 Å². The Balaban J connectivity index is 1.93. The van der Waals surface area contributed by atoms with Gasteiger partial charge in [-0.3, -0.25) is 10.1 Å². The molecule has 0 spiro atoms. The molecular weight excluding hydrogens is 266 g/mol. The summed E-state index contributed by atoms with van der Waals surface area (Å²) < 4.78 is 0. The summed E-state index contributed by atoms with van der Waals surface area (Å²) in [6, 6.07) is 14.8. The van der Waals surface area contributed by atoms with Crippen LogP contribution in [0.3, 0.4) is 0 Å². The molecule has 2 rings (SSSR count). The predicted molar refractivity (Wildman–Crippen MR) is 85.5 cm³/mol. The molecule has 0 aromatic heterocycles. The quantitative estimate of drug-likeness (QED) is 0.480. The Bertz CT molecular complexity index is 614. The van der Waals surface area contributed by atoms with Crippen molar-refractivity contribution in [2.45, 2.75) is 19.3 Å². The second-order valence-corrected chi connectivity index (χ2v) is 5.10. The Morgan fingerprint density at radius 2 is 1.95 bits per heavy atom. The van der Waals surface area contributed by atoms with Gasteiger partial charge in [-0.25, -0.2) is 0 Å². The van der Waals surface area contributed by atoms with E-state index in [0.717, 1.165) is 13.0 Å². The van der Waals surface area contributed by atoms with Crippen molar-refractivity contribution in [2.75, 3.05) is 17.6 Å². The summed E-state index contributed by atoms with van der Waals surface area (Å²) >= 11 is 0. The van der Waals surface area contributed by atoms with Crippen LogP contribution in [0.4, 0.5) is 17.1 Å². The largest absolute Gasteiger partial charge is 0.398 e. The van der Waals surface area contributed by atoms with Crippen LogP contribution in [0.5, 0.6) is 0 Å². The number of non-ortho nitro benzene ring substituents is 1. The zero-order valence-corrected chi connectivity index (χ0v) is 12.0. The minimum atomic E-state index is -0.436. The topological polar surface area (TPSA) is 81.2 Å². The Morgan fingerprint density at radius 1 is 1.24 bits per heavy atom. The monoisotopic (exact) mass is 285 g/mol. The Hall–Kier alpha value is -2.56. The predicted octanol–water partition coefficient (Wildman–Crippen LogP) is 3.78. The van der Waals surface area contributed by atoms with E-state index in [2.05, 4.69) is 24.4 Å². The van der Waals surface area contributed by atoms with E-state index in [4.69, 9.17) is 5.73 Å². The van der Waals surface area contributed by atoms with Gasteiger partial charge in [0.25, 0.3) is 5.69 Å². The number of nitrogens with one attached hydrogen (secondary N) is 1. The number of nitrogens with zero attached hydrogens (tertiary/aromatic N) is 1. The molecule has 110 valence electrons. The van der Waals surface area contributed by atoms with Crippen LogP contribution in [0.2, 0.25) is 0 Å². The molecule has 5 heteroatoms.